The number of nitrogens with one attached hydrogen (secondary N) is 1. The summed E-state index contributed by atoms with van der Waals surface area (Å²) in [5.41, 5.74) is 2.65. The fourth-order valence-electron chi connectivity index (χ4n) is 3.32. The molecule has 1 saturated carbocycles. The summed E-state index contributed by atoms with van der Waals surface area (Å²) in [5, 5.41) is 7.85. The molecule has 0 spiro atoms. The van der Waals surface area contributed by atoms with E-state index in [1.165, 1.54) is 0 Å². The van der Waals surface area contributed by atoms with Crippen LogP contribution in [0.15, 0.2) is 48.7 Å². The molecule has 7 heteroatoms. The molecule has 2 heterocycles. The van der Waals surface area contributed by atoms with Crippen LogP contribution in [-0.4, -0.2) is 31.7 Å². The summed E-state index contributed by atoms with van der Waals surface area (Å²) in [5.74, 6) is -1.43. The number of rotatable bonds is 4. The molecule has 140 valence electrons. The predicted octanol–water partition coefficient (Wildman–Crippen LogP) is 4.63. The minimum atomic E-state index is -2.53. The van der Waals surface area contributed by atoms with Crippen LogP contribution in [0.3, 0.4) is 0 Å². The number of anilines is 1. The maximum atomic E-state index is 13.3. The zero-order valence-electron chi connectivity index (χ0n) is 15.1. The highest BCUT2D eigenvalue weighted by molar-refractivity contribution is 5.58. The topological polar surface area (TPSA) is 55.6 Å². The van der Waals surface area contributed by atoms with E-state index in [4.69, 9.17) is 0 Å². The average molecular weight is 369 g/mol. The van der Waals surface area contributed by atoms with Crippen molar-refractivity contribution in [2.45, 2.75) is 44.6 Å². The molecule has 0 atom stereocenters. The Morgan fingerprint density at radius 1 is 1.07 bits per heavy atom. The van der Waals surface area contributed by atoms with E-state index in [-0.39, 0.29) is 18.9 Å². The van der Waals surface area contributed by atoms with Crippen LogP contribution < -0.4 is 5.32 Å². The van der Waals surface area contributed by atoms with E-state index in [9.17, 15) is 8.78 Å². The molecule has 1 N–H and O–H groups in total. The first kappa shape index (κ1) is 17.6. The van der Waals surface area contributed by atoms with Gasteiger partial charge in [0.1, 0.15) is 5.82 Å². The number of benzene rings is 1. The third-order valence-electron chi connectivity index (χ3n) is 4.78. The van der Waals surface area contributed by atoms with Crippen molar-refractivity contribution < 1.29 is 8.78 Å². The zero-order chi connectivity index (χ0) is 18.9. The number of hydrogen-bond donors (Lipinski definition) is 1. The Labute approximate surface area is 156 Å². The minimum Gasteiger partial charge on any atom is -0.367 e. The molecule has 5 nitrogen and oxygen atoms in total. The van der Waals surface area contributed by atoms with Gasteiger partial charge in [-0.15, -0.1) is 0 Å². The third kappa shape index (κ3) is 4.13. The van der Waals surface area contributed by atoms with Crippen LogP contribution in [0.1, 0.15) is 31.4 Å². The quantitative estimate of drug-likeness (QED) is 0.729. The Bertz CT molecular complexity index is 913. The lowest BCUT2D eigenvalue weighted by atomic mass is 9.92. The molecular formula is C20H21F2N5. The van der Waals surface area contributed by atoms with E-state index in [1.807, 2.05) is 55.6 Å². The normalized spacial score (nSPS) is 17.0. The largest absolute Gasteiger partial charge is 0.367 e. The van der Waals surface area contributed by atoms with Gasteiger partial charge < -0.3 is 5.32 Å². The highest BCUT2D eigenvalue weighted by atomic mass is 19.3. The molecule has 0 bridgehead atoms. The smallest absolute Gasteiger partial charge is 0.252 e. The number of aryl methyl sites for hydroxylation is 1. The predicted molar refractivity (Wildman–Crippen MR) is 100 cm³/mol. The molecule has 0 aliphatic heterocycles. The Morgan fingerprint density at radius 3 is 2.56 bits per heavy atom. The Kier molecular flexibility index (Phi) is 4.59. The summed E-state index contributed by atoms with van der Waals surface area (Å²) in [6, 6.07) is 13.6. The Morgan fingerprint density at radius 2 is 1.81 bits per heavy atom. The van der Waals surface area contributed by atoms with E-state index in [1.54, 1.807) is 4.68 Å². The molecule has 0 saturated heterocycles. The number of aromatic nitrogens is 4. The number of halogens is 2. The maximum Gasteiger partial charge on any atom is 0.252 e. The second-order valence-electron chi connectivity index (χ2n) is 6.98. The molecule has 0 unspecified atom stereocenters. The van der Waals surface area contributed by atoms with Crippen LogP contribution in [-0.2, 0) is 0 Å². The van der Waals surface area contributed by atoms with Crippen LogP contribution in [0.2, 0.25) is 0 Å². The van der Waals surface area contributed by atoms with Crippen molar-refractivity contribution >= 4 is 5.82 Å². The Hall–Kier alpha value is -2.83. The highest BCUT2D eigenvalue weighted by Gasteiger charge is 2.34. The van der Waals surface area contributed by atoms with E-state index in [0.717, 1.165) is 17.0 Å². The van der Waals surface area contributed by atoms with Gasteiger partial charge in [-0.1, -0.05) is 30.3 Å². The molecule has 1 aliphatic carbocycles. The summed E-state index contributed by atoms with van der Waals surface area (Å²) >= 11 is 0. The van der Waals surface area contributed by atoms with E-state index in [2.05, 4.69) is 20.4 Å². The summed E-state index contributed by atoms with van der Waals surface area (Å²) in [4.78, 5) is 8.99. The standard InChI is InChI=1S/C20H21F2N5/c1-14-13-18(24-16-7-10-20(21,22)11-8-16)25-19(23-14)27-12-9-17(26-27)15-5-3-2-4-6-15/h2-6,9,12-13,16H,7-8,10-11H2,1H3,(H,23,24,25). The van der Waals surface area contributed by atoms with Crippen molar-refractivity contribution in [1.29, 1.82) is 0 Å². The van der Waals surface area contributed by atoms with Gasteiger partial charge in [-0.3, -0.25) is 0 Å². The zero-order valence-corrected chi connectivity index (χ0v) is 15.1. The van der Waals surface area contributed by atoms with Crippen molar-refractivity contribution in [3.05, 3.63) is 54.4 Å². The number of alkyl halides is 2. The van der Waals surface area contributed by atoms with Gasteiger partial charge in [-0.25, -0.2) is 18.4 Å². The lowest BCUT2D eigenvalue weighted by Crippen LogP contribution is -2.32. The molecule has 0 amide bonds. The fourth-order valence-corrected chi connectivity index (χ4v) is 3.32. The first-order valence-corrected chi connectivity index (χ1v) is 9.10. The van der Waals surface area contributed by atoms with Crippen LogP contribution in [0, 0.1) is 6.92 Å². The molecule has 0 radical (unpaired) electrons. The summed E-state index contributed by atoms with van der Waals surface area (Å²) in [6.45, 7) is 1.88. The Balaban J connectivity index is 1.54. The molecule has 27 heavy (non-hydrogen) atoms. The van der Waals surface area contributed by atoms with E-state index < -0.39 is 5.92 Å². The molecule has 1 aromatic carbocycles. The van der Waals surface area contributed by atoms with Crippen molar-refractivity contribution in [2.24, 2.45) is 0 Å². The second kappa shape index (κ2) is 7.06. The van der Waals surface area contributed by atoms with E-state index >= 15 is 0 Å². The van der Waals surface area contributed by atoms with Crippen LogP contribution in [0.25, 0.3) is 17.2 Å². The van der Waals surface area contributed by atoms with Gasteiger partial charge in [-0.2, -0.15) is 10.1 Å². The second-order valence-corrected chi connectivity index (χ2v) is 6.98. The minimum absolute atomic E-state index is 0.00396. The molecule has 4 rings (SSSR count). The van der Waals surface area contributed by atoms with Crippen LogP contribution >= 0.6 is 0 Å². The maximum absolute atomic E-state index is 13.3. The summed E-state index contributed by atoms with van der Waals surface area (Å²) in [6.07, 6.45) is 2.53. The SMILES string of the molecule is Cc1cc(NC2CCC(F)(F)CC2)nc(-n2ccc(-c3ccccc3)n2)n1. The monoisotopic (exact) mass is 369 g/mol. The third-order valence-corrected chi connectivity index (χ3v) is 4.78. The van der Waals surface area contributed by atoms with Gasteiger partial charge in [0.2, 0.25) is 5.92 Å². The molecule has 3 aromatic rings. The lowest BCUT2D eigenvalue weighted by Gasteiger charge is -2.29. The fraction of sp³-hybridized carbons (Fsp3) is 0.350. The van der Waals surface area contributed by atoms with Crippen LogP contribution in [0.5, 0.6) is 0 Å². The van der Waals surface area contributed by atoms with Gasteiger partial charge in [0, 0.05) is 42.4 Å². The van der Waals surface area contributed by atoms with Gasteiger partial charge in [0.05, 0.1) is 5.69 Å². The van der Waals surface area contributed by atoms with E-state index in [0.29, 0.717) is 24.6 Å². The lowest BCUT2D eigenvalue weighted by molar-refractivity contribution is -0.0361. The summed E-state index contributed by atoms with van der Waals surface area (Å²) in [7, 11) is 0. The van der Waals surface area contributed by atoms with Crippen molar-refractivity contribution in [3.63, 3.8) is 0 Å². The van der Waals surface area contributed by atoms with Gasteiger partial charge in [0.15, 0.2) is 0 Å². The van der Waals surface area contributed by atoms with Crippen molar-refractivity contribution in [2.75, 3.05) is 5.32 Å². The molecule has 1 aliphatic rings. The van der Waals surface area contributed by atoms with Gasteiger partial charge in [-0.05, 0) is 25.8 Å². The first-order valence-electron chi connectivity index (χ1n) is 9.10. The van der Waals surface area contributed by atoms with Crippen molar-refractivity contribution in [1.82, 2.24) is 19.7 Å². The molecule has 1 fully saturated rings. The number of hydrogen-bond acceptors (Lipinski definition) is 4. The molecular weight excluding hydrogens is 348 g/mol. The summed E-state index contributed by atoms with van der Waals surface area (Å²) < 4.78 is 28.3. The van der Waals surface area contributed by atoms with Gasteiger partial charge in [0.25, 0.3) is 5.95 Å². The van der Waals surface area contributed by atoms with Crippen LogP contribution in [0.4, 0.5) is 14.6 Å². The van der Waals surface area contributed by atoms with Gasteiger partial charge >= 0.3 is 0 Å². The molecule has 2 aromatic heterocycles. The van der Waals surface area contributed by atoms with Crippen molar-refractivity contribution in [3.8, 4) is 17.2 Å². The number of nitrogens with zero attached hydrogens (tertiary/aromatic N) is 4. The average Bonchev–Trinajstić information content (AvgIpc) is 3.14. The highest BCUT2D eigenvalue weighted by Crippen LogP contribution is 2.34. The first-order chi connectivity index (χ1) is 13.0.